The molecule has 0 aliphatic carbocycles. The molecule has 0 heterocycles. The molecule has 0 aliphatic heterocycles. The Morgan fingerprint density at radius 3 is 2.59 bits per heavy atom. The second kappa shape index (κ2) is 7.79. The average molecular weight is 260 g/mol. The molecule has 0 fully saturated rings. The quantitative estimate of drug-likeness (QED) is 0.652. The van der Waals surface area contributed by atoms with Gasteiger partial charge in [-0.2, -0.15) is 0 Å². The van der Waals surface area contributed by atoms with Crippen LogP contribution in [0.4, 0.5) is 5.69 Å². The molecule has 4 nitrogen and oxygen atoms in total. The topological polar surface area (TPSA) is 61.5 Å². The second-order valence-electron chi connectivity index (χ2n) is 3.32. The summed E-state index contributed by atoms with van der Waals surface area (Å²) in [6.45, 7) is 4.75. The number of halogens is 1. The van der Waals surface area contributed by atoms with E-state index in [0.29, 0.717) is 30.2 Å². The van der Waals surface area contributed by atoms with Gasteiger partial charge < -0.3 is 15.2 Å². The van der Waals surface area contributed by atoms with Crippen LogP contribution < -0.4 is 10.5 Å². The highest BCUT2D eigenvalue weighted by molar-refractivity contribution is 5.91. The molecule has 0 saturated heterocycles. The first-order valence-electron chi connectivity index (χ1n) is 5.38. The molecule has 1 aromatic carbocycles. The third kappa shape index (κ3) is 4.53. The molecule has 0 radical (unpaired) electrons. The van der Waals surface area contributed by atoms with Crippen molar-refractivity contribution >= 4 is 24.1 Å². The molecule has 2 N–H and O–H groups in total. The number of nitrogens with two attached hydrogens (primary N) is 1. The van der Waals surface area contributed by atoms with E-state index >= 15 is 0 Å². The molecule has 0 bridgehead atoms. The van der Waals surface area contributed by atoms with Gasteiger partial charge in [0.05, 0.1) is 24.5 Å². The minimum absolute atomic E-state index is 0. The Morgan fingerprint density at radius 1 is 1.35 bits per heavy atom. The maximum absolute atomic E-state index is 11.4. The van der Waals surface area contributed by atoms with Crippen LogP contribution in [0.3, 0.4) is 0 Å². The molecule has 17 heavy (non-hydrogen) atoms. The molecule has 1 aromatic rings. The predicted octanol–water partition coefficient (Wildman–Crippen LogP) is 2.66. The first-order chi connectivity index (χ1) is 7.69. The Hall–Kier alpha value is -1.42. The van der Waals surface area contributed by atoms with E-state index in [1.165, 1.54) is 0 Å². The molecule has 0 unspecified atom stereocenters. The molecule has 96 valence electrons. The number of anilines is 1. The standard InChI is InChI=1S/C12H17NO3.ClH/c1-3-7-16-11-6-5-9(8-10(11)13)12(14)15-4-2;/h5-6,8H,3-4,7,13H2,1-2H3;1H. The Labute approximate surface area is 108 Å². The van der Waals surface area contributed by atoms with Gasteiger partial charge in [0.2, 0.25) is 0 Å². The van der Waals surface area contributed by atoms with Gasteiger partial charge in [-0.1, -0.05) is 6.92 Å². The molecule has 0 aromatic heterocycles. The van der Waals surface area contributed by atoms with Gasteiger partial charge in [-0.05, 0) is 31.5 Å². The van der Waals surface area contributed by atoms with Crippen LogP contribution in [0, 0.1) is 0 Å². The largest absolute Gasteiger partial charge is 0.491 e. The fraction of sp³-hybridized carbons (Fsp3) is 0.417. The van der Waals surface area contributed by atoms with Gasteiger partial charge in [-0.3, -0.25) is 0 Å². The van der Waals surface area contributed by atoms with Crippen molar-refractivity contribution in [3.8, 4) is 5.75 Å². The number of carbonyl (C=O) groups excluding carboxylic acids is 1. The summed E-state index contributed by atoms with van der Waals surface area (Å²) >= 11 is 0. The van der Waals surface area contributed by atoms with Crippen LogP contribution in [0.2, 0.25) is 0 Å². The molecular formula is C12H18ClNO3. The summed E-state index contributed by atoms with van der Waals surface area (Å²) in [4.78, 5) is 11.4. The minimum Gasteiger partial charge on any atom is -0.491 e. The smallest absolute Gasteiger partial charge is 0.338 e. The van der Waals surface area contributed by atoms with Crippen molar-refractivity contribution in [3.05, 3.63) is 23.8 Å². The Bertz CT molecular complexity index is 369. The van der Waals surface area contributed by atoms with Gasteiger partial charge in [-0.15, -0.1) is 12.4 Å². The molecule has 0 amide bonds. The highest BCUT2D eigenvalue weighted by atomic mass is 35.5. The first kappa shape index (κ1) is 15.6. The van der Waals surface area contributed by atoms with Crippen LogP contribution in [0.1, 0.15) is 30.6 Å². The van der Waals surface area contributed by atoms with Crippen LogP contribution in [-0.4, -0.2) is 19.2 Å². The van der Waals surface area contributed by atoms with Gasteiger partial charge in [0.1, 0.15) is 5.75 Å². The normalized spacial score (nSPS) is 9.29. The number of hydrogen-bond acceptors (Lipinski definition) is 4. The predicted molar refractivity (Wildman–Crippen MR) is 69.8 cm³/mol. The monoisotopic (exact) mass is 259 g/mol. The zero-order chi connectivity index (χ0) is 12.0. The second-order valence-corrected chi connectivity index (χ2v) is 3.32. The van der Waals surface area contributed by atoms with E-state index in [1.807, 2.05) is 6.92 Å². The van der Waals surface area contributed by atoms with E-state index in [-0.39, 0.29) is 18.4 Å². The lowest BCUT2D eigenvalue weighted by atomic mass is 10.2. The number of hydrogen-bond donors (Lipinski definition) is 1. The van der Waals surface area contributed by atoms with Gasteiger partial charge in [0.25, 0.3) is 0 Å². The van der Waals surface area contributed by atoms with Gasteiger partial charge in [0.15, 0.2) is 0 Å². The molecule has 0 spiro atoms. The molecule has 5 heteroatoms. The Balaban J connectivity index is 0.00000256. The molecule has 0 saturated carbocycles. The maximum atomic E-state index is 11.4. The van der Waals surface area contributed by atoms with Crippen LogP contribution in [0.5, 0.6) is 5.75 Å². The van der Waals surface area contributed by atoms with Crippen molar-refractivity contribution in [1.29, 1.82) is 0 Å². The Morgan fingerprint density at radius 2 is 2.06 bits per heavy atom. The zero-order valence-corrected chi connectivity index (χ0v) is 10.9. The summed E-state index contributed by atoms with van der Waals surface area (Å²) in [6.07, 6.45) is 0.916. The zero-order valence-electron chi connectivity index (χ0n) is 10.1. The third-order valence-corrected chi connectivity index (χ3v) is 1.98. The highest BCUT2D eigenvalue weighted by Crippen LogP contribution is 2.23. The van der Waals surface area contributed by atoms with Crippen LogP contribution >= 0.6 is 12.4 Å². The van der Waals surface area contributed by atoms with Crippen molar-refractivity contribution in [2.45, 2.75) is 20.3 Å². The maximum Gasteiger partial charge on any atom is 0.338 e. The SMILES string of the molecule is CCCOc1ccc(C(=O)OCC)cc1N.Cl. The van der Waals surface area contributed by atoms with Crippen molar-refractivity contribution < 1.29 is 14.3 Å². The van der Waals surface area contributed by atoms with Crippen molar-refractivity contribution in [1.82, 2.24) is 0 Å². The van der Waals surface area contributed by atoms with E-state index < -0.39 is 0 Å². The van der Waals surface area contributed by atoms with E-state index in [1.54, 1.807) is 25.1 Å². The lowest BCUT2D eigenvalue weighted by molar-refractivity contribution is 0.0526. The molecular weight excluding hydrogens is 242 g/mol. The molecule has 0 atom stereocenters. The summed E-state index contributed by atoms with van der Waals surface area (Å²) in [5.41, 5.74) is 6.67. The Kier molecular flexibility index (Phi) is 7.14. The lowest BCUT2D eigenvalue weighted by Gasteiger charge is -2.09. The van der Waals surface area contributed by atoms with Crippen molar-refractivity contribution in [2.75, 3.05) is 18.9 Å². The number of carbonyl (C=O) groups is 1. The van der Waals surface area contributed by atoms with Gasteiger partial charge >= 0.3 is 5.97 Å². The fourth-order valence-corrected chi connectivity index (χ4v) is 1.23. The summed E-state index contributed by atoms with van der Waals surface area (Å²) in [5.74, 6) is 0.242. The molecule has 0 aliphatic rings. The molecule has 1 rings (SSSR count). The van der Waals surface area contributed by atoms with Gasteiger partial charge in [0, 0.05) is 0 Å². The number of rotatable bonds is 5. The summed E-state index contributed by atoms with van der Waals surface area (Å²) in [5, 5.41) is 0. The van der Waals surface area contributed by atoms with E-state index in [4.69, 9.17) is 15.2 Å². The van der Waals surface area contributed by atoms with Crippen molar-refractivity contribution in [2.24, 2.45) is 0 Å². The van der Waals surface area contributed by atoms with Crippen LogP contribution in [-0.2, 0) is 4.74 Å². The van der Waals surface area contributed by atoms with Crippen molar-refractivity contribution in [3.63, 3.8) is 0 Å². The highest BCUT2D eigenvalue weighted by Gasteiger charge is 2.09. The summed E-state index contributed by atoms with van der Waals surface area (Å²) in [6, 6.07) is 4.92. The van der Waals surface area contributed by atoms with Gasteiger partial charge in [-0.25, -0.2) is 4.79 Å². The third-order valence-electron chi connectivity index (χ3n) is 1.98. The average Bonchev–Trinajstić information content (AvgIpc) is 2.27. The summed E-state index contributed by atoms with van der Waals surface area (Å²) in [7, 11) is 0. The first-order valence-corrected chi connectivity index (χ1v) is 5.38. The minimum atomic E-state index is -0.365. The van der Waals surface area contributed by atoms with E-state index in [0.717, 1.165) is 6.42 Å². The van der Waals surface area contributed by atoms with Crippen LogP contribution in [0.15, 0.2) is 18.2 Å². The van der Waals surface area contributed by atoms with E-state index in [9.17, 15) is 4.79 Å². The van der Waals surface area contributed by atoms with Crippen LogP contribution in [0.25, 0.3) is 0 Å². The summed E-state index contributed by atoms with van der Waals surface area (Å²) < 4.78 is 10.3. The number of nitrogen functional groups attached to an aromatic ring is 1. The van der Waals surface area contributed by atoms with E-state index in [2.05, 4.69) is 0 Å². The number of benzene rings is 1. The lowest BCUT2D eigenvalue weighted by Crippen LogP contribution is -2.06. The number of esters is 1. The number of ether oxygens (including phenoxy) is 2. The fourth-order valence-electron chi connectivity index (χ4n) is 1.23.